The van der Waals surface area contributed by atoms with Gasteiger partial charge in [0.15, 0.2) is 5.13 Å². The van der Waals surface area contributed by atoms with Gasteiger partial charge in [0, 0.05) is 0 Å². The van der Waals surface area contributed by atoms with E-state index in [1.807, 2.05) is 24.3 Å². The summed E-state index contributed by atoms with van der Waals surface area (Å²) in [5.41, 5.74) is -0.446. The molecule has 0 atom stereocenters. The molecule has 1 heterocycles. The van der Waals surface area contributed by atoms with Crippen LogP contribution in [0.3, 0.4) is 0 Å². The summed E-state index contributed by atoms with van der Waals surface area (Å²) in [6.45, 7) is 0. The van der Waals surface area contributed by atoms with Crippen LogP contribution < -0.4 is 5.32 Å². The molecule has 0 bridgehead atoms. The van der Waals surface area contributed by atoms with Crippen LogP contribution in [0.15, 0.2) is 24.3 Å². The topological polar surface area (TPSA) is 79.3 Å². The maximum Gasteiger partial charge on any atom is 0.319 e. The zero-order valence-electron chi connectivity index (χ0n) is 10.0. The van der Waals surface area contributed by atoms with Crippen molar-refractivity contribution in [2.75, 3.05) is 5.32 Å². The summed E-state index contributed by atoms with van der Waals surface area (Å²) in [5, 5.41) is 12.3. The van der Waals surface area contributed by atoms with Gasteiger partial charge in [-0.25, -0.2) is 4.98 Å². The summed E-state index contributed by atoms with van der Waals surface area (Å²) in [5.74, 6) is -1.50. The van der Waals surface area contributed by atoms with Gasteiger partial charge in [0.05, 0.1) is 10.2 Å². The van der Waals surface area contributed by atoms with Crippen LogP contribution in [0.2, 0.25) is 0 Å². The van der Waals surface area contributed by atoms with E-state index in [0.29, 0.717) is 18.0 Å². The Hall–Kier alpha value is -1.95. The van der Waals surface area contributed by atoms with E-state index in [2.05, 4.69) is 10.3 Å². The number of hydrogen-bond acceptors (Lipinski definition) is 4. The fourth-order valence-corrected chi connectivity index (χ4v) is 3.07. The molecular weight excluding hydrogens is 264 g/mol. The second-order valence-corrected chi connectivity index (χ2v) is 5.71. The summed E-state index contributed by atoms with van der Waals surface area (Å²) >= 11 is 1.35. The minimum Gasteiger partial charge on any atom is -0.480 e. The van der Waals surface area contributed by atoms with Crippen LogP contribution in [0.4, 0.5) is 5.13 Å². The molecule has 1 aliphatic carbocycles. The van der Waals surface area contributed by atoms with Crippen molar-refractivity contribution in [3.05, 3.63) is 24.3 Å². The monoisotopic (exact) mass is 276 g/mol. The highest BCUT2D eigenvalue weighted by Crippen LogP contribution is 2.42. The number of fused-ring (bicyclic) bond motifs is 1. The molecule has 0 radical (unpaired) electrons. The predicted molar refractivity (Wildman–Crippen MR) is 72.2 cm³/mol. The first-order valence-corrected chi connectivity index (χ1v) is 6.84. The third kappa shape index (κ3) is 1.88. The zero-order chi connectivity index (χ0) is 13.5. The molecule has 1 saturated carbocycles. The highest BCUT2D eigenvalue weighted by molar-refractivity contribution is 7.22. The Morgan fingerprint density at radius 1 is 1.32 bits per heavy atom. The van der Waals surface area contributed by atoms with Gasteiger partial charge in [0.2, 0.25) is 5.91 Å². The van der Waals surface area contributed by atoms with Crippen LogP contribution in [0, 0.1) is 5.41 Å². The number of para-hydroxylation sites is 1. The van der Waals surface area contributed by atoms with E-state index < -0.39 is 17.3 Å². The van der Waals surface area contributed by atoms with E-state index in [4.69, 9.17) is 0 Å². The lowest BCUT2D eigenvalue weighted by molar-refractivity contribution is -0.159. The van der Waals surface area contributed by atoms with Crippen molar-refractivity contribution in [1.82, 2.24) is 4.98 Å². The Morgan fingerprint density at radius 3 is 2.63 bits per heavy atom. The maximum absolute atomic E-state index is 12.1. The van der Waals surface area contributed by atoms with E-state index in [9.17, 15) is 14.7 Å². The lowest BCUT2D eigenvalue weighted by atomic mass is 9.68. The lowest BCUT2D eigenvalue weighted by Crippen LogP contribution is -2.48. The van der Waals surface area contributed by atoms with Gasteiger partial charge in [0.1, 0.15) is 5.41 Å². The lowest BCUT2D eigenvalue weighted by Gasteiger charge is -2.35. The fourth-order valence-electron chi connectivity index (χ4n) is 2.21. The Balaban J connectivity index is 1.84. The number of amides is 1. The number of carboxylic acid groups (broad SMARTS) is 1. The van der Waals surface area contributed by atoms with Crippen LogP contribution >= 0.6 is 11.3 Å². The molecule has 2 N–H and O–H groups in total. The Labute approximate surface area is 113 Å². The molecule has 0 aliphatic heterocycles. The molecule has 0 saturated heterocycles. The Bertz CT molecular complexity index is 628. The first-order chi connectivity index (χ1) is 9.12. The number of thiazole rings is 1. The SMILES string of the molecule is O=C(O)C1(C(=O)Nc2nc3ccccc3s2)CCC1. The van der Waals surface area contributed by atoms with E-state index >= 15 is 0 Å². The Morgan fingerprint density at radius 2 is 2.05 bits per heavy atom. The molecule has 0 spiro atoms. The van der Waals surface area contributed by atoms with Gasteiger partial charge in [-0.3, -0.25) is 9.59 Å². The smallest absolute Gasteiger partial charge is 0.319 e. The van der Waals surface area contributed by atoms with Gasteiger partial charge < -0.3 is 10.4 Å². The fraction of sp³-hybridized carbons (Fsp3) is 0.308. The van der Waals surface area contributed by atoms with Crippen LogP contribution in [0.5, 0.6) is 0 Å². The number of aromatic nitrogens is 1. The van der Waals surface area contributed by atoms with Crippen LogP contribution in [0.25, 0.3) is 10.2 Å². The third-order valence-corrected chi connectivity index (χ3v) is 4.52. The number of nitrogens with zero attached hydrogens (tertiary/aromatic N) is 1. The second-order valence-electron chi connectivity index (χ2n) is 4.68. The molecule has 98 valence electrons. The molecule has 6 heteroatoms. The molecule has 1 aromatic carbocycles. The summed E-state index contributed by atoms with van der Waals surface area (Å²) < 4.78 is 0.968. The van der Waals surface area contributed by atoms with Gasteiger partial charge in [-0.2, -0.15) is 0 Å². The molecule has 1 fully saturated rings. The second kappa shape index (κ2) is 4.31. The molecule has 3 rings (SSSR count). The molecule has 1 aromatic heterocycles. The van der Waals surface area contributed by atoms with Crippen LogP contribution in [0.1, 0.15) is 19.3 Å². The molecule has 5 nitrogen and oxygen atoms in total. The van der Waals surface area contributed by atoms with Gasteiger partial charge in [-0.1, -0.05) is 29.9 Å². The van der Waals surface area contributed by atoms with Crippen molar-refractivity contribution in [2.45, 2.75) is 19.3 Å². The van der Waals surface area contributed by atoms with Gasteiger partial charge >= 0.3 is 5.97 Å². The van der Waals surface area contributed by atoms with Gasteiger partial charge in [0.25, 0.3) is 0 Å². The van der Waals surface area contributed by atoms with E-state index in [1.165, 1.54) is 11.3 Å². The molecule has 0 unspecified atom stereocenters. The first-order valence-electron chi connectivity index (χ1n) is 6.02. The molecule has 1 aliphatic rings. The summed E-state index contributed by atoms with van der Waals surface area (Å²) in [7, 11) is 0. The first kappa shape index (κ1) is 12.1. The minimum absolute atomic E-state index is 0.402. The number of rotatable bonds is 3. The molecule has 19 heavy (non-hydrogen) atoms. The van der Waals surface area contributed by atoms with Crippen molar-refractivity contribution in [3.8, 4) is 0 Å². The number of hydrogen-bond donors (Lipinski definition) is 2. The number of carbonyl (C=O) groups excluding carboxylic acids is 1. The largest absolute Gasteiger partial charge is 0.480 e. The van der Waals surface area contributed by atoms with Crippen LogP contribution in [-0.4, -0.2) is 22.0 Å². The number of carbonyl (C=O) groups is 2. The Kier molecular flexibility index (Phi) is 2.74. The van der Waals surface area contributed by atoms with Crippen molar-refractivity contribution < 1.29 is 14.7 Å². The van der Waals surface area contributed by atoms with E-state index in [1.54, 1.807) is 0 Å². The minimum atomic E-state index is -1.25. The van der Waals surface area contributed by atoms with Crippen molar-refractivity contribution >= 4 is 38.6 Å². The van der Waals surface area contributed by atoms with Crippen molar-refractivity contribution in [3.63, 3.8) is 0 Å². The molecule has 2 aromatic rings. The summed E-state index contributed by atoms with van der Waals surface area (Å²) in [6, 6.07) is 7.55. The highest BCUT2D eigenvalue weighted by Gasteiger charge is 2.51. The number of benzene rings is 1. The predicted octanol–water partition coefficient (Wildman–Crippen LogP) is 2.49. The molecule has 1 amide bonds. The van der Waals surface area contributed by atoms with Gasteiger partial charge in [-0.05, 0) is 25.0 Å². The number of nitrogens with one attached hydrogen (secondary N) is 1. The van der Waals surface area contributed by atoms with Crippen molar-refractivity contribution in [2.24, 2.45) is 5.41 Å². The number of carboxylic acids is 1. The number of aliphatic carboxylic acids is 1. The van der Waals surface area contributed by atoms with E-state index in [0.717, 1.165) is 16.6 Å². The average molecular weight is 276 g/mol. The molecular formula is C13H12N2O3S. The zero-order valence-corrected chi connectivity index (χ0v) is 10.9. The number of anilines is 1. The highest BCUT2D eigenvalue weighted by atomic mass is 32.1. The average Bonchev–Trinajstić information content (AvgIpc) is 2.68. The van der Waals surface area contributed by atoms with Gasteiger partial charge in [-0.15, -0.1) is 0 Å². The maximum atomic E-state index is 12.1. The standard InChI is InChI=1S/C13H12N2O3S/c16-10(13(11(17)18)6-3-7-13)15-12-14-8-4-1-2-5-9(8)19-12/h1-2,4-5H,3,6-7H2,(H,17,18)(H,14,15,16). The quantitative estimate of drug-likeness (QED) is 0.844. The normalized spacial score (nSPS) is 16.8. The summed E-state index contributed by atoms with van der Waals surface area (Å²) in [6.07, 6.45) is 1.58. The van der Waals surface area contributed by atoms with Crippen molar-refractivity contribution in [1.29, 1.82) is 0 Å². The van der Waals surface area contributed by atoms with E-state index in [-0.39, 0.29) is 0 Å². The van der Waals surface area contributed by atoms with Crippen LogP contribution in [-0.2, 0) is 9.59 Å². The summed E-state index contributed by atoms with van der Waals surface area (Å²) in [4.78, 5) is 27.6. The third-order valence-electron chi connectivity index (χ3n) is 3.57.